The van der Waals surface area contributed by atoms with Crippen molar-refractivity contribution in [2.45, 2.75) is 83.3 Å². The molecule has 9 nitrogen and oxygen atoms in total. The summed E-state index contributed by atoms with van der Waals surface area (Å²) < 4.78 is 11.4. The molecular weight excluding hydrogens is 448 g/mol. The number of likely N-dealkylation sites (N-methyl/N-ethyl adjacent to an activating group) is 1. The predicted octanol–water partition coefficient (Wildman–Crippen LogP) is 1.66. The molecule has 1 aromatic rings. The number of nitrogens with zero attached hydrogens (tertiary/aromatic N) is 1. The number of hydrogen-bond donors (Lipinski definition) is 3. The summed E-state index contributed by atoms with van der Waals surface area (Å²) in [7, 11) is 3.35. The van der Waals surface area contributed by atoms with Gasteiger partial charge in [0.15, 0.2) is 0 Å². The van der Waals surface area contributed by atoms with E-state index in [2.05, 4.69) is 16.0 Å². The zero-order valence-electron chi connectivity index (χ0n) is 21.3. The van der Waals surface area contributed by atoms with Crippen molar-refractivity contribution in [3.63, 3.8) is 0 Å². The maximum Gasteiger partial charge on any atom is 0.247 e. The lowest BCUT2D eigenvalue weighted by atomic mass is 9.82. The van der Waals surface area contributed by atoms with Gasteiger partial charge in [0.25, 0.3) is 0 Å². The van der Waals surface area contributed by atoms with Crippen molar-refractivity contribution in [2.24, 2.45) is 5.41 Å². The molecule has 35 heavy (non-hydrogen) atoms. The highest BCUT2D eigenvalue weighted by atomic mass is 16.5. The fraction of sp³-hybridized carbons (Fsp3) is 0.654. The van der Waals surface area contributed by atoms with E-state index in [-0.39, 0.29) is 23.8 Å². The number of ether oxygens (including phenoxy) is 2. The minimum Gasteiger partial charge on any atom is -0.497 e. The Kier molecular flexibility index (Phi) is 7.38. The van der Waals surface area contributed by atoms with Gasteiger partial charge in [0, 0.05) is 6.42 Å². The monoisotopic (exact) mass is 486 g/mol. The predicted molar refractivity (Wildman–Crippen MR) is 131 cm³/mol. The van der Waals surface area contributed by atoms with Crippen LogP contribution in [-0.4, -0.2) is 67.7 Å². The maximum atomic E-state index is 13.8. The first kappa shape index (κ1) is 25.4. The topological polar surface area (TPSA) is 109 Å². The normalized spacial score (nSPS) is 28.4. The summed E-state index contributed by atoms with van der Waals surface area (Å²) in [6.45, 7) is 6.08. The van der Waals surface area contributed by atoms with Gasteiger partial charge >= 0.3 is 0 Å². The van der Waals surface area contributed by atoms with Gasteiger partial charge in [0.2, 0.25) is 17.7 Å². The van der Waals surface area contributed by atoms with Gasteiger partial charge < -0.3 is 30.3 Å². The number of aryl methyl sites for hydroxylation is 1. The number of methoxy groups -OCH3 is 1. The summed E-state index contributed by atoms with van der Waals surface area (Å²) in [6.07, 6.45) is 3.20. The molecule has 0 spiro atoms. The molecular formula is C26H38N4O5. The van der Waals surface area contributed by atoms with Gasteiger partial charge in [0.05, 0.1) is 25.8 Å². The number of rotatable bonds is 6. The Balaban J connectivity index is 1.56. The SMILES string of the molecule is CN[C@@H](C)C(=O)N[C@H]1CCO[C@H]2CC(C)(C)[C@@H](C(=O)N[C@@H]3CCCc4cc(OC)ccc43)N2C1=O. The van der Waals surface area contributed by atoms with Crippen molar-refractivity contribution in [3.8, 4) is 5.75 Å². The second kappa shape index (κ2) is 10.1. The van der Waals surface area contributed by atoms with E-state index in [1.165, 1.54) is 5.56 Å². The summed E-state index contributed by atoms with van der Waals surface area (Å²) >= 11 is 0. The first-order valence-electron chi connectivity index (χ1n) is 12.5. The van der Waals surface area contributed by atoms with Crippen LogP contribution in [0, 0.1) is 5.41 Å². The van der Waals surface area contributed by atoms with Crippen molar-refractivity contribution in [3.05, 3.63) is 29.3 Å². The Morgan fingerprint density at radius 2 is 1.97 bits per heavy atom. The molecule has 5 atom stereocenters. The average Bonchev–Trinajstić information content (AvgIpc) is 3.03. The van der Waals surface area contributed by atoms with E-state index in [4.69, 9.17) is 9.47 Å². The molecule has 2 fully saturated rings. The lowest BCUT2D eigenvalue weighted by Crippen LogP contribution is -2.58. The first-order chi connectivity index (χ1) is 16.7. The van der Waals surface area contributed by atoms with E-state index in [9.17, 15) is 14.4 Å². The Labute approximate surface area is 207 Å². The van der Waals surface area contributed by atoms with Crippen molar-refractivity contribution in [1.82, 2.24) is 20.9 Å². The smallest absolute Gasteiger partial charge is 0.247 e. The van der Waals surface area contributed by atoms with E-state index < -0.39 is 29.8 Å². The molecule has 1 aromatic carbocycles. The van der Waals surface area contributed by atoms with Crippen molar-refractivity contribution >= 4 is 17.7 Å². The third-order valence-corrected chi connectivity index (χ3v) is 7.67. The molecule has 2 aliphatic heterocycles. The van der Waals surface area contributed by atoms with E-state index in [1.54, 1.807) is 26.0 Å². The van der Waals surface area contributed by atoms with E-state index in [0.717, 1.165) is 30.6 Å². The molecule has 3 aliphatic rings. The minimum atomic E-state index is -0.727. The molecule has 3 amide bonds. The fourth-order valence-corrected chi connectivity index (χ4v) is 5.60. The molecule has 0 aromatic heterocycles. The van der Waals surface area contributed by atoms with Gasteiger partial charge in [-0.1, -0.05) is 19.9 Å². The zero-order valence-corrected chi connectivity index (χ0v) is 21.3. The van der Waals surface area contributed by atoms with E-state index >= 15 is 0 Å². The van der Waals surface area contributed by atoms with Crippen molar-refractivity contribution in [2.75, 3.05) is 20.8 Å². The van der Waals surface area contributed by atoms with Crippen LogP contribution in [0.15, 0.2) is 18.2 Å². The number of fused-ring (bicyclic) bond motifs is 2. The van der Waals surface area contributed by atoms with Crippen LogP contribution in [0.5, 0.6) is 5.75 Å². The highest BCUT2D eigenvalue weighted by Gasteiger charge is 2.55. The van der Waals surface area contributed by atoms with Crippen LogP contribution in [0.3, 0.4) is 0 Å². The summed E-state index contributed by atoms with van der Waals surface area (Å²) in [5, 5.41) is 8.98. The van der Waals surface area contributed by atoms with Crippen LogP contribution < -0.4 is 20.7 Å². The van der Waals surface area contributed by atoms with Crippen LogP contribution in [-0.2, 0) is 25.5 Å². The molecule has 192 valence electrons. The molecule has 9 heteroatoms. The van der Waals surface area contributed by atoms with Gasteiger partial charge in [-0.25, -0.2) is 0 Å². The standard InChI is InChI=1S/C26H38N4O5/c1-15(27-4)23(31)29-20-11-12-35-21-14-26(2,3)22(30(21)25(20)33)24(32)28-19-8-6-7-16-13-17(34-5)9-10-18(16)19/h9-10,13,15,19-22,27H,6-8,11-12,14H2,1-5H3,(H,28,32)(H,29,31)/t15-,19+,20-,21-,22+/m0/s1. The van der Waals surface area contributed by atoms with Gasteiger partial charge in [0.1, 0.15) is 24.1 Å². The molecule has 0 unspecified atom stereocenters. The molecule has 0 saturated carbocycles. The second-order valence-corrected chi connectivity index (χ2v) is 10.5. The van der Waals surface area contributed by atoms with Gasteiger partial charge in [-0.2, -0.15) is 0 Å². The quantitative estimate of drug-likeness (QED) is 0.564. The maximum absolute atomic E-state index is 13.8. The molecule has 0 bridgehead atoms. The Morgan fingerprint density at radius 3 is 2.69 bits per heavy atom. The van der Waals surface area contributed by atoms with Crippen molar-refractivity contribution in [1.29, 1.82) is 0 Å². The zero-order chi connectivity index (χ0) is 25.3. The summed E-state index contributed by atoms with van der Waals surface area (Å²) in [4.78, 5) is 41.5. The Hall–Kier alpha value is -2.65. The molecule has 2 heterocycles. The van der Waals surface area contributed by atoms with Gasteiger partial charge in [-0.15, -0.1) is 0 Å². The van der Waals surface area contributed by atoms with Crippen LogP contribution in [0.2, 0.25) is 0 Å². The first-order valence-corrected chi connectivity index (χ1v) is 12.5. The molecule has 4 rings (SSSR count). The largest absolute Gasteiger partial charge is 0.497 e. The fourth-order valence-electron chi connectivity index (χ4n) is 5.60. The highest BCUT2D eigenvalue weighted by Crippen LogP contribution is 2.43. The lowest BCUT2D eigenvalue weighted by molar-refractivity contribution is -0.150. The van der Waals surface area contributed by atoms with Crippen molar-refractivity contribution < 1.29 is 23.9 Å². The van der Waals surface area contributed by atoms with Crippen LogP contribution in [0.25, 0.3) is 0 Å². The number of carbonyl (C=O) groups excluding carboxylic acids is 3. The van der Waals surface area contributed by atoms with E-state index in [1.807, 2.05) is 32.0 Å². The second-order valence-electron chi connectivity index (χ2n) is 10.5. The average molecular weight is 487 g/mol. The van der Waals surface area contributed by atoms with Gasteiger partial charge in [-0.3, -0.25) is 14.4 Å². The summed E-state index contributed by atoms with van der Waals surface area (Å²) in [6, 6.07) is 4.01. The van der Waals surface area contributed by atoms with Crippen LogP contribution in [0.4, 0.5) is 0 Å². The third-order valence-electron chi connectivity index (χ3n) is 7.67. The number of amides is 3. The highest BCUT2D eigenvalue weighted by molar-refractivity contribution is 5.94. The molecule has 3 N–H and O–H groups in total. The molecule has 2 saturated heterocycles. The van der Waals surface area contributed by atoms with Crippen LogP contribution >= 0.6 is 0 Å². The molecule has 1 aliphatic carbocycles. The number of hydrogen-bond acceptors (Lipinski definition) is 6. The van der Waals surface area contributed by atoms with Gasteiger partial charge in [-0.05, 0) is 68.3 Å². The molecule has 0 radical (unpaired) electrons. The number of nitrogens with one attached hydrogen (secondary N) is 3. The Bertz CT molecular complexity index is 980. The number of carbonyl (C=O) groups is 3. The lowest BCUT2D eigenvalue weighted by Gasteiger charge is -2.35. The Morgan fingerprint density at radius 1 is 1.20 bits per heavy atom. The summed E-state index contributed by atoms with van der Waals surface area (Å²) in [5.41, 5.74) is 1.80. The van der Waals surface area contributed by atoms with E-state index in [0.29, 0.717) is 19.4 Å². The third kappa shape index (κ3) is 5.02. The minimum absolute atomic E-state index is 0.123. The number of benzene rings is 1. The van der Waals surface area contributed by atoms with Crippen LogP contribution in [0.1, 0.15) is 63.6 Å². The summed E-state index contributed by atoms with van der Waals surface area (Å²) in [5.74, 6) is 0.115.